The minimum Gasteiger partial charge on any atom is -0.390 e. The monoisotopic (exact) mass is 132 g/mol. The zero-order valence-electron chi connectivity index (χ0n) is 6.64. The van der Waals surface area contributed by atoms with E-state index in [0.29, 0.717) is 0 Å². The van der Waals surface area contributed by atoms with Crippen molar-refractivity contribution in [3.63, 3.8) is 0 Å². The maximum atomic E-state index is 8.83. The first-order valence-corrected chi connectivity index (χ1v) is 3.10. The van der Waals surface area contributed by atoms with E-state index in [0.717, 1.165) is 12.7 Å². The van der Waals surface area contributed by atoms with Gasteiger partial charge in [0.05, 0.1) is 5.60 Å². The highest BCUT2D eigenvalue weighted by Gasteiger charge is 2.05. The molecular weight excluding hydrogens is 116 g/mol. The molecule has 0 aliphatic rings. The number of carbonyl (C=O) groups is 1. The van der Waals surface area contributed by atoms with Crippen LogP contribution in [0.25, 0.3) is 0 Å². The molecule has 0 fully saturated rings. The Morgan fingerprint density at radius 3 is 1.67 bits per heavy atom. The Kier molecular flexibility index (Phi) is 7.32. The fourth-order valence-corrected chi connectivity index (χ4v) is 0. The van der Waals surface area contributed by atoms with Gasteiger partial charge in [-0.05, 0) is 27.2 Å². The lowest BCUT2D eigenvalue weighted by Gasteiger charge is -2.11. The molecule has 0 aromatic carbocycles. The van der Waals surface area contributed by atoms with Crippen molar-refractivity contribution in [1.82, 2.24) is 0 Å². The number of aldehydes is 1. The Morgan fingerprint density at radius 2 is 1.67 bits per heavy atom. The van der Waals surface area contributed by atoms with Crippen molar-refractivity contribution in [2.75, 3.05) is 0 Å². The van der Waals surface area contributed by atoms with Gasteiger partial charge in [-0.1, -0.05) is 6.92 Å². The van der Waals surface area contributed by atoms with Crippen molar-refractivity contribution >= 4 is 6.29 Å². The highest BCUT2D eigenvalue weighted by molar-refractivity contribution is 5.44. The molecule has 0 aromatic heterocycles. The van der Waals surface area contributed by atoms with Crippen molar-refractivity contribution < 1.29 is 9.90 Å². The standard InChI is InChI=1S/C5H12O.C2H4O/c1-4-5(2,3)6;1-2-3/h6H,4H2,1-3H3;2H,1H3. The molecule has 0 saturated heterocycles. The molecule has 0 amide bonds. The van der Waals surface area contributed by atoms with E-state index in [-0.39, 0.29) is 0 Å². The molecule has 0 spiro atoms. The molecule has 0 aromatic rings. The first-order valence-electron chi connectivity index (χ1n) is 3.10. The van der Waals surface area contributed by atoms with Crippen LogP contribution in [0.1, 0.15) is 34.1 Å². The average Bonchev–Trinajstić information content (AvgIpc) is 1.67. The minimum absolute atomic E-state index is 0.458. The van der Waals surface area contributed by atoms with Crippen LogP contribution in [0.3, 0.4) is 0 Å². The van der Waals surface area contributed by atoms with Crippen LogP contribution in [-0.2, 0) is 4.79 Å². The first kappa shape index (κ1) is 11.4. The molecule has 1 N–H and O–H groups in total. The van der Waals surface area contributed by atoms with Crippen molar-refractivity contribution in [2.45, 2.75) is 39.7 Å². The van der Waals surface area contributed by atoms with E-state index in [1.165, 1.54) is 6.92 Å². The lowest BCUT2D eigenvalue weighted by atomic mass is 10.1. The summed E-state index contributed by atoms with van der Waals surface area (Å²) < 4.78 is 0. The van der Waals surface area contributed by atoms with Crippen LogP contribution in [0.5, 0.6) is 0 Å². The third-order valence-corrected chi connectivity index (χ3v) is 0.865. The largest absolute Gasteiger partial charge is 0.390 e. The number of aliphatic hydroxyl groups is 1. The molecule has 0 heterocycles. The normalized spacial score (nSPS) is 9.44. The van der Waals surface area contributed by atoms with Gasteiger partial charge in [0.25, 0.3) is 0 Å². The van der Waals surface area contributed by atoms with Crippen LogP contribution in [-0.4, -0.2) is 17.0 Å². The molecule has 0 aliphatic heterocycles. The van der Waals surface area contributed by atoms with Gasteiger partial charge in [0.1, 0.15) is 6.29 Å². The van der Waals surface area contributed by atoms with Crippen molar-refractivity contribution in [3.05, 3.63) is 0 Å². The lowest BCUT2D eigenvalue weighted by Crippen LogP contribution is -2.15. The Labute approximate surface area is 56.9 Å². The van der Waals surface area contributed by atoms with Gasteiger partial charge >= 0.3 is 0 Å². The first-order chi connectivity index (χ1) is 3.97. The molecule has 0 rings (SSSR count). The molecule has 2 heteroatoms. The van der Waals surface area contributed by atoms with E-state index in [2.05, 4.69) is 0 Å². The Bertz CT molecular complexity index is 61.8. The number of hydrogen-bond donors (Lipinski definition) is 1. The quantitative estimate of drug-likeness (QED) is 0.547. The second-order valence-corrected chi connectivity index (χ2v) is 2.40. The van der Waals surface area contributed by atoms with Gasteiger partial charge in [0, 0.05) is 0 Å². The third-order valence-electron chi connectivity index (χ3n) is 0.865. The van der Waals surface area contributed by atoms with Gasteiger partial charge < -0.3 is 9.90 Å². The molecule has 56 valence electrons. The Hall–Kier alpha value is -0.370. The second-order valence-electron chi connectivity index (χ2n) is 2.40. The fourth-order valence-electron chi connectivity index (χ4n) is 0. The van der Waals surface area contributed by atoms with Crippen LogP contribution in [0.15, 0.2) is 0 Å². The van der Waals surface area contributed by atoms with Crippen LogP contribution >= 0.6 is 0 Å². The van der Waals surface area contributed by atoms with Gasteiger partial charge in [-0.15, -0.1) is 0 Å². The van der Waals surface area contributed by atoms with Crippen LogP contribution in [0, 0.1) is 0 Å². The van der Waals surface area contributed by atoms with Gasteiger partial charge in [-0.2, -0.15) is 0 Å². The average molecular weight is 132 g/mol. The summed E-state index contributed by atoms with van der Waals surface area (Å²) >= 11 is 0. The molecule has 0 unspecified atom stereocenters. The summed E-state index contributed by atoms with van der Waals surface area (Å²) in [5.41, 5.74) is -0.458. The minimum atomic E-state index is -0.458. The van der Waals surface area contributed by atoms with Crippen molar-refractivity contribution in [1.29, 1.82) is 0 Å². The predicted octanol–water partition coefficient (Wildman–Crippen LogP) is 1.37. The van der Waals surface area contributed by atoms with E-state index in [4.69, 9.17) is 9.90 Å². The van der Waals surface area contributed by atoms with E-state index < -0.39 is 5.60 Å². The summed E-state index contributed by atoms with van der Waals surface area (Å²) in [7, 11) is 0. The van der Waals surface area contributed by atoms with E-state index in [1.807, 2.05) is 6.92 Å². The topological polar surface area (TPSA) is 37.3 Å². The van der Waals surface area contributed by atoms with E-state index in [9.17, 15) is 0 Å². The molecule has 0 aliphatic carbocycles. The van der Waals surface area contributed by atoms with Gasteiger partial charge in [-0.25, -0.2) is 0 Å². The van der Waals surface area contributed by atoms with Gasteiger partial charge in [-0.3, -0.25) is 0 Å². The maximum absolute atomic E-state index is 8.83. The summed E-state index contributed by atoms with van der Waals surface area (Å²) in [5, 5.41) is 8.83. The van der Waals surface area contributed by atoms with Gasteiger partial charge in [0.2, 0.25) is 0 Å². The zero-order valence-corrected chi connectivity index (χ0v) is 6.64. The maximum Gasteiger partial charge on any atom is 0.116 e. The van der Waals surface area contributed by atoms with Crippen molar-refractivity contribution in [2.24, 2.45) is 0 Å². The molecule has 0 bridgehead atoms. The molecular formula is C7H16O2. The summed E-state index contributed by atoms with van der Waals surface area (Å²) in [4.78, 5) is 8.81. The van der Waals surface area contributed by atoms with E-state index >= 15 is 0 Å². The number of carbonyl (C=O) groups excluding carboxylic acids is 1. The molecule has 9 heavy (non-hydrogen) atoms. The summed E-state index contributed by atoms with van der Waals surface area (Å²) in [6.45, 7) is 7.00. The van der Waals surface area contributed by atoms with Crippen LogP contribution in [0.4, 0.5) is 0 Å². The summed E-state index contributed by atoms with van der Waals surface area (Å²) in [5.74, 6) is 0. The lowest BCUT2D eigenvalue weighted by molar-refractivity contribution is -0.106. The molecule has 2 nitrogen and oxygen atoms in total. The fraction of sp³-hybridized carbons (Fsp3) is 0.857. The van der Waals surface area contributed by atoms with E-state index in [1.54, 1.807) is 13.8 Å². The number of rotatable bonds is 1. The molecule has 0 saturated carbocycles. The second kappa shape index (κ2) is 5.76. The highest BCUT2D eigenvalue weighted by atomic mass is 16.3. The summed E-state index contributed by atoms with van der Waals surface area (Å²) in [6.07, 6.45) is 1.58. The third kappa shape index (κ3) is 35.0. The molecule has 0 radical (unpaired) electrons. The molecule has 0 atom stereocenters. The highest BCUT2D eigenvalue weighted by Crippen LogP contribution is 2.03. The Morgan fingerprint density at radius 1 is 1.56 bits per heavy atom. The smallest absolute Gasteiger partial charge is 0.116 e. The van der Waals surface area contributed by atoms with Gasteiger partial charge in [0.15, 0.2) is 0 Å². The summed E-state index contributed by atoms with van der Waals surface area (Å²) in [6, 6.07) is 0. The van der Waals surface area contributed by atoms with Crippen LogP contribution < -0.4 is 0 Å². The Balaban J connectivity index is 0. The van der Waals surface area contributed by atoms with Crippen LogP contribution in [0.2, 0.25) is 0 Å². The predicted molar refractivity (Wildman–Crippen MR) is 38.3 cm³/mol. The van der Waals surface area contributed by atoms with Crippen molar-refractivity contribution in [3.8, 4) is 0 Å². The zero-order chi connectivity index (χ0) is 7.91. The number of hydrogen-bond acceptors (Lipinski definition) is 2. The SMILES string of the molecule is CC=O.CCC(C)(C)O.